The Bertz CT molecular complexity index is 295. The fraction of sp³-hybridized carbons (Fsp3) is 0.375. The number of anilines is 1. The van der Waals surface area contributed by atoms with Crippen molar-refractivity contribution >= 4 is 11.8 Å². The van der Waals surface area contributed by atoms with Crippen LogP contribution >= 0.6 is 0 Å². The van der Waals surface area contributed by atoms with Gasteiger partial charge in [0, 0.05) is 12.1 Å². The molecule has 1 atom stereocenters. The van der Waals surface area contributed by atoms with Gasteiger partial charge in [0.05, 0.1) is 12.2 Å². The zero-order valence-electron chi connectivity index (χ0n) is 7.28. The molecule has 13 heavy (non-hydrogen) atoms. The summed E-state index contributed by atoms with van der Waals surface area (Å²) in [5, 5.41) is 11.6. The van der Waals surface area contributed by atoms with Crippen molar-refractivity contribution in [3.05, 3.63) is 17.9 Å². The minimum atomic E-state index is -0.534. The summed E-state index contributed by atoms with van der Waals surface area (Å²) >= 11 is 0. The van der Waals surface area contributed by atoms with Crippen LogP contribution in [-0.4, -0.2) is 23.7 Å². The third-order valence-electron chi connectivity index (χ3n) is 1.55. The van der Waals surface area contributed by atoms with Crippen LogP contribution in [0.4, 0.5) is 5.88 Å². The van der Waals surface area contributed by atoms with Gasteiger partial charge in [-0.25, -0.2) is 0 Å². The first kappa shape index (κ1) is 9.60. The molecular weight excluding hydrogens is 172 g/mol. The van der Waals surface area contributed by atoms with Crippen molar-refractivity contribution < 1.29 is 14.3 Å². The molecule has 1 aromatic rings. The Balaban J connectivity index is 2.64. The Kier molecular flexibility index (Phi) is 2.92. The average molecular weight is 184 g/mol. The third-order valence-corrected chi connectivity index (χ3v) is 1.55. The van der Waals surface area contributed by atoms with Crippen molar-refractivity contribution in [1.82, 2.24) is 0 Å². The number of nitrogens with two attached hydrogens (primary N) is 1. The van der Waals surface area contributed by atoms with Crippen molar-refractivity contribution in [2.75, 3.05) is 11.9 Å². The van der Waals surface area contributed by atoms with Gasteiger partial charge in [0.1, 0.15) is 6.26 Å². The molecule has 0 radical (unpaired) electrons. The number of carbonyl (C=O) groups excluding carboxylic acids is 1. The van der Waals surface area contributed by atoms with E-state index in [9.17, 15) is 4.79 Å². The van der Waals surface area contributed by atoms with Crippen molar-refractivity contribution in [2.24, 2.45) is 5.73 Å². The van der Waals surface area contributed by atoms with E-state index in [1.807, 2.05) is 0 Å². The van der Waals surface area contributed by atoms with Crippen LogP contribution in [0.3, 0.4) is 0 Å². The molecule has 4 N–H and O–H groups in total. The molecule has 0 saturated heterocycles. The highest BCUT2D eigenvalue weighted by Crippen LogP contribution is 2.13. The highest BCUT2D eigenvalue weighted by molar-refractivity contribution is 5.93. The van der Waals surface area contributed by atoms with Gasteiger partial charge in [-0.15, -0.1) is 0 Å². The van der Waals surface area contributed by atoms with E-state index in [1.54, 1.807) is 6.92 Å². The number of aliphatic hydroxyl groups excluding tert-OH is 1. The minimum absolute atomic E-state index is 0.00734. The Morgan fingerprint density at radius 2 is 2.54 bits per heavy atom. The molecule has 0 aliphatic carbocycles. The number of aliphatic hydroxyl groups is 1. The van der Waals surface area contributed by atoms with E-state index in [-0.39, 0.29) is 12.6 Å². The lowest BCUT2D eigenvalue weighted by molar-refractivity contribution is 0.0999. The van der Waals surface area contributed by atoms with Crippen LogP contribution in [0, 0.1) is 0 Å². The zero-order valence-corrected chi connectivity index (χ0v) is 7.28. The number of amides is 1. The molecule has 0 aliphatic heterocycles. The molecule has 0 aromatic carbocycles. The highest BCUT2D eigenvalue weighted by atomic mass is 16.3. The Morgan fingerprint density at radius 3 is 3.00 bits per heavy atom. The van der Waals surface area contributed by atoms with Crippen molar-refractivity contribution in [3.63, 3.8) is 0 Å². The molecule has 5 heteroatoms. The summed E-state index contributed by atoms with van der Waals surface area (Å²) in [7, 11) is 0. The second-order valence-corrected chi connectivity index (χ2v) is 2.79. The van der Waals surface area contributed by atoms with Crippen LogP contribution in [0.1, 0.15) is 17.3 Å². The number of nitrogens with one attached hydrogen (secondary N) is 1. The van der Waals surface area contributed by atoms with E-state index < -0.39 is 5.91 Å². The standard InChI is InChI=1S/C8H12N2O3/c1-5(3-11)10-7-2-6(4-13-7)8(9)12/h2,4-5,10-11H,3H2,1H3,(H2,9,12). The number of rotatable bonds is 4. The fourth-order valence-corrected chi connectivity index (χ4v) is 0.830. The maximum Gasteiger partial charge on any atom is 0.252 e. The van der Waals surface area contributed by atoms with Crippen molar-refractivity contribution in [2.45, 2.75) is 13.0 Å². The molecule has 0 saturated carbocycles. The lowest BCUT2D eigenvalue weighted by atomic mass is 10.3. The normalized spacial score (nSPS) is 12.5. The summed E-state index contributed by atoms with van der Waals surface area (Å²) in [6.07, 6.45) is 1.27. The van der Waals surface area contributed by atoms with E-state index in [4.69, 9.17) is 15.3 Å². The molecule has 1 amide bonds. The maximum absolute atomic E-state index is 10.7. The van der Waals surface area contributed by atoms with Crippen LogP contribution in [0.2, 0.25) is 0 Å². The first-order chi connectivity index (χ1) is 6.13. The van der Waals surface area contributed by atoms with Gasteiger partial charge in [-0.2, -0.15) is 0 Å². The highest BCUT2D eigenvalue weighted by Gasteiger charge is 2.07. The van der Waals surface area contributed by atoms with Crippen LogP contribution in [0.5, 0.6) is 0 Å². The summed E-state index contributed by atoms with van der Waals surface area (Å²) in [6.45, 7) is 1.78. The van der Waals surface area contributed by atoms with Crippen molar-refractivity contribution in [3.8, 4) is 0 Å². The second kappa shape index (κ2) is 3.95. The summed E-state index contributed by atoms with van der Waals surface area (Å²) in [4.78, 5) is 10.7. The van der Waals surface area contributed by atoms with E-state index >= 15 is 0 Å². The average Bonchev–Trinajstić information content (AvgIpc) is 2.52. The molecular formula is C8H12N2O3. The first-order valence-electron chi connectivity index (χ1n) is 3.89. The second-order valence-electron chi connectivity index (χ2n) is 2.79. The van der Waals surface area contributed by atoms with E-state index in [0.29, 0.717) is 11.4 Å². The number of primary amides is 1. The zero-order chi connectivity index (χ0) is 9.84. The number of carbonyl (C=O) groups is 1. The van der Waals surface area contributed by atoms with Crippen LogP contribution in [0.15, 0.2) is 16.7 Å². The molecule has 0 spiro atoms. The molecule has 1 heterocycles. The Hall–Kier alpha value is -1.49. The summed E-state index contributed by atoms with van der Waals surface area (Å²) in [6, 6.07) is 1.38. The molecule has 0 aliphatic rings. The van der Waals surface area contributed by atoms with Gasteiger partial charge < -0.3 is 20.6 Å². The Labute approximate surface area is 75.5 Å². The van der Waals surface area contributed by atoms with Gasteiger partial charge in [0.15, 0.2) is 5.88 Å². The van der Waals surface area contributed by atoms with Gasteiger partial charge in [0.25, 0.3) is 5.91 Å². The lowest BCUT2D eigenvalue weighted by Gasteiger charge is -2.07. The lowest BCUT2D eigenvalue weighted by Crippen LogP contribution is -2.18. The maximum atomic E-state index is 10.7. The Morgan fingerprint density at radius 1 is 1.85 bits per heavy atom. The van der Waals surface area contributed by atoms with E-state index in [1.165, 1.54) is 12.3 Å². The first-order valence-corrected chi connectivity index (χ1v) is 3.89. The minimum Gasteiger partial charge on any atom is -0.448 e. The van der Waals surface area contributed by atoms with E-state index in [2.05, 4.69) is 5.32 Å². The van der Waals surface area contributed by atoms with Gasteiger partial charge in [-0.3, -0.25) is 4.79 Å². The van der Waals surface area contributed by atoms with E-state index in [0.717, 1.165) is 0 Å². The predicted molar refractivity (Wildman–Crippen MR) is 47.4 cm³/mol. The van der Waals surface area contributed by atoms with Crippen LogP contribution < -0.4 is 11.1 Å². The fourth-order valence-electron chi connectivity index (χ4n) is 0.830. The molecule has 0 bridgehead atoms. The summed E-state index contributed by atoms with van der Waals surface area (Å²) in [5.41, 5.74) is 5.33. The van der Waals surface area contributed by atoms with Crippen LogP contribution in [-0.2, 0) is 0 Å². The largest absolute Gasteiger partial charge is 0.448 e. The van der Waals surface area contributed by atoms with Crippen LogP contribution in [0.25, 0.3) is 0 Å². The molecule has 5 nitrogen and oxygen atoms in total. The topological polar surface area (TPSA) is 88.5 Å². The molecule has 1 unspecified atom stereocenters. The number of furan rings is 1. The molecule has 1 aromatic heterocycles. The van der Waals surface area contributed by atoms with Gasteiger partial charge in [0.2, 0.25) is 0 Å². The quantitative estimate of drug-likeness (QED) is 0.622. The van der Waals surface area contributed by atoms with Gasteiger partial charge in [-0.1, -0.05) is 0 Å². The monoisotopic (exact) mass is 184 g/mol. The number of hydrogen-bond donors (Lipinski definition) is 3. The third kappa shape index (κ3) is 2.48. The van der Waals surface area contributed by atoms with Gasteiger partial charge >= 0.3 is 0 Å². The SMILES string of the molecule is CC(CO)Nc1cc(C(N)=O)co1. The molecule has 1 rings (SSSR count). The number of hydrogen-bond acceptors (Lipinski definition) is 4. The smallest absolute Gasteiger partial charge is 0.252 e. The van der Waals surface area contributed by atoms with Gasteiger partial charge in [-0.05, 0) is 6.92 Å². The molecule has 0 fully saturated rings. The predicted octanol–water partition coefficient (Wildman–Crippen LogP) is 0.171. The van der Waals surface area contributed by atoms with Crippen molar-refractivity contribution in [1.29, 1.82) is 0 Å². The summed E-state index contributed by atoms with van der Waals surface area (Å²) < 4.78 is 4.98. The molecule has 72 valence electrons. The summed E-state index contributed by atoms with van der Waals surface area (Å²) in [5.74, 6) is -0.108.